The molecule has 0 aliphatic rings. The minimum atomic E-state index is -0.637. The quantitative estimate of drug-likeness (QED) is 0.670. The first-order valence-electron chi connectivity index (χ1n) is 8.13. The van der Waals surface area contributed by atoms with Crippen LogP contribution in [0.3, 0.4) is 0 Å². The Kier molecular flexibility index (Phi) is 5.47. The van der Waals surface area contributed by atoms with Crippen LogP contribution in [0, 0.1) is 5.82 Å². The van der Waals surface area contributed by atoms with Crippen LogP contribution < -0.4 is 5.32 Å². The predicted octanol–water partition coefficient (Wildman–Crippen LogP) is 3.99. The highest BCUT2D eigenvalue weighted by atomic mass is 19.1. The van der Waals surface area contributed by atoms with Crippen molar-refractivity contribution in [2.45, 2.75) is 0 Å². The van der Waals surface area contributed by atoms with Crippen molar-refractivity contribution in [3.05, 3.63) is 84.2 Å². The topological polar surface area (TPSA) is 75.6 Å². The van der Waals surface area contributed by atoms with Gasteiger partial charge in [-0.1, -0.05) is 30.3 Å². The molecular formula is C21H16FNO4. The summed E-state index contributed by atoms with van der Waals surface area (Å²) in [6, 6.07) is 18.8. The number of nitrogens with one attached hydrogen (secondary N) is 1. The van der Waals surface area contributed by atoms with E-state index in [0.717, 1.165) is 11.1 Å². The number of aromatic hydroxyl groups is 1. The number of hydrogen-bond acceptors (Lipinski definition) is 4. The first-order chi connectivity index (χ1) is 13.0. The van der Waals surface area contributed by atoms with Crippen LogP contribution in [-0.4, -0.2) is 23.6 Å². The average Bonchev–Trinajstić information content (AvgIpc) is 2.67. The maximum Gasteiger partial charge on any atom is 0.338 e. The van der Waals surface area contributed by atoms with E-state index in [1.54, 1.807) is 48.5 Å². The second kappa shape index (κ2) is 8.14. The van der Waals surface area contributed by atoms with Gasteiger partial charge in [0, 0.05) is 5.69 Å². The van der Waals surface area contributed by atoms with Crippen molar-refractivity contribution in [3.8, 4) is 16.9 Å². The number of esters is 1. The van der Waals surface area contributed by atoms with Gasteiger partial charge in [0.05, 0.1) is 5.56 Å². The standard InChI is InChI=1S/C21H16FNO4/c22-17-2-1-3-18(12-17)23-20(25)13-27-21(26)16-6-4-14(5-7-16)15-8-10-19(24)11-9-15/h1-12,24H,13H2,(H,23,25). The predicted molar refractivity (Wildman–Crippen MR) is 98.9 cm³/mol. The third-order valence-electron chi connectivity index (χ3n) is 3.76. The van der Waals surface area contributed by atoms with E-state index in [1.165, 1.54) is 24.3 Å². The maximum atomic E-state index is 13.1. The molecule has 27 heavy (non-hydrogen) atoms. The summed E-state index contributed by atoms with van der Waals surface area (Å²) in [5.41, 5.74) is 2.35. The van der Waals surface area contributed by atoms with Crippen molar-refractivity contribution in [1.82, 2.24) is 0 Å². The molecule has 0 aromatic heterocycles. The largest absolute Gasteiger partial charge is 0.508 e. The van der Waals surface area contributed by atoms with Gasteiger partial charge in [-0.05, 0) is 53.6 Å². The van der Waals surface area contributed by atoms with E-state index >= 15 is 0 Å². The van der Waals surface area contributed by atoms with Crippen molar-refractivity contribution < 1.29 is 23.8 Å². The Labute approximate surface area is 155 Å². The van der Waals surface area contributed by atoms with Crippen molar-refractivity contribution in [2.24, 2.45) is 0 Å². The summed E-state index contributed by atoms with van der Waals surface area (Å²) >= 11 is 0. The highest BCUT2D eigenvalue weighted by Gasteiger charge is 2.11. The molecular weight excluding hydrogens is 349 g/mol. The summed E-state index contributed by atoms with van der Waals surface area (Å²) in [5, 5.41) is 11.8. The van der Waals surface area contributed by atoms with E-state index in [-0.39, 0.29) is 11.4 Å². The van der Waals surface area contributed by atoms with Crippen molar-refractivity contribution in [2.75, 3.05) is 11.9 Å². The van der Waals surface area contributed by atoms with E-state index in [0.29, 0.717) is 5.56 Å². The molecule has 5 nitrogen and oxygen atoms in total. The van der Waals surface area contributed by atoms with Crippen LogP contribution in [0.2, 0.25) is 0 Å². The molecule has 6 heteroatoms. The molecule has 3 rings (SSSR count). The normalized spacial score (nSPS) is 10.3. The van der Waals surface area contributed by atoms with Gasteiger partial charge in [0.2, 0.25) is 0 Å². The highest BCUT2D eigenvalue weighted by molar-refractivity contribution is 5.95. The fraction of sp³-hybridized carbons (Fsp3) is 0.0476. The van der Waals surface area contributed by atoms with Gasteiger partial charge < -0.3 is 15.2 Å². The van der Waals surface area contributed by atoms with Crippen LogP contribution in [0.25, 0.3) is 11.1 Å². The molecule has 0 fully saturated rings. The minimum Gasteiger partial charge on any atom is -0.508 e. The van der Waals surface area contributed by atoms with Gasteiger partial charge in [0.1, 0.15) is 11.6 Å². The lowest BCUT2D eigenvalue weighted by molar-refractivity contribution is -0.119. The van der Waals surface area contributed by atoms with Crippen molar-refractivity contribution in [3.63, 3.8) is 0 Å². The van der Waals surface area contributed by atoms with Gasteiger partial charge in [-0.2, -0.15) is 0 Å². The Balaban J connectivity index is 1.56. The number of halogens is 1. The molecule has 0 bridgehead atoms. The number of rotatable bonds is 5. The fourth-order valence-corrected chi connectivity index (χ4v) is 2.43. The number of ether oxygens (including phenoxy) is 1. The van der Waals surface area contributed by atoms with Crippen LogP contribution in [0.4, 0.5) is 10.1 Å². The molecule has 0 aliphatic carbocycles. The van der Waals surface area contributed by atoms with E-state index in [2.05, 4.69) is 5.32 Å². The zero-order chi connectivity index (χ0) is 19.2. The van der Waals surface area contributed by atoms with Gasteiger partial charge in [0.15, 0.2) is 6.61 Å². The highest BCUT2D eigenvalue weighted by Crippen LogP contribution is 2.22. The lowest BCUT2D eigenvalue weighted by Crippen LogP contribution is -2.20. The second-order valence-electron chi connectivity index (χ2n) is 5.76. The van der Waals surface area contributed by atoms with Gasteiger partial charge in [-0.3, -0.25) is 4.79 Å². The first kappa shape index (κ1) is 18.1. The molecule has 0 atom stereocenters. The monoisotopic (exact) mass is 365 g/mol. The molecule has 0 saturated carbocycles. The number of amides is 1. The van der Waals surface area contributed by atoms with Gasteiger partial charge in [-0.25, -0.2) is 9.18 Å². The zero-order valence-corrected chi connectivity index (χ0v) is 14.2. The van der Waals surface area contributed by atoms with E-state index in [1.807, 2.05) is 0 Å². The fourth-order valence-electron chi connectivity index (χ4n) is 2.43. The molecule has 1 amide bonds. The Morgan fingerprint density at radius 1 is 0.926 bits per heavy atom. The van der Waals surface area contributed by atoms with Gasteiger partial charge in [-0.15, -0.1) is 0 Å². The summed E-state index contributed by atoms with van der Waals surface area (Å²) in [7, 11) is 0. The van der Waals surface area contributed by atoms with E-state index < -0.39 is 24.3 Å². The molecule has 0 heterocycles. The third kappa shape index (κ3) is 4.92. The number of benzene rings is 3. The zero-order valence-electron chi connectivity index (χ0n) is 14.2. The number of phenolic OH excluding ortho intramolecular Hbond substituents is 1. The van der Waals surface area contributed by atoms with Crippen LogP contribution in [-0.2, 0) is 9.53 Å². The Bertz CT molecular complexity index is 953. The van der Waals surface area contributed by atoms with E-state index in [9.17, 15) is 19.1 Å². The molecule has 0 saturated heterocycles. The Hall–Kier alpha value is -3.67. The number of phenols is 1. The molecule has 3 aromatic rings. The molecule has 136 valence electrons. The van der Waals surface area contributed by atoms with Crippen LogP contribution >= 0.6 is 0 Å². The van der Waals surface area contributed by atoms with Gasteiger partial charge in [0.25, 0.3) is 5.91 Å². The SMILES string of the molecule is O=C(COC(=O)c1ccc(-c2ccc(O)cc2)cc1)Nc1cccc(F)c1. The number of anilines is 1. The molecule has 3 aromatic carbocycles. The van der Waals surface area contributed by atoms with Gasteiger partial charge >= 0.3 is 5.97 Å². The summed E-state index contributed by atoms with van der Waals surface area (Å²) in [5.74, 6) is -1.50. The number of carbonyl (C=O) groups is 2. The number of hydrogen-bond donors (Lipinski definition) is 2. The maximum absolute atomic E-state index is 13.1. The molecule has 0 aliphatic heterocycles. The first-order valence-corrected chi connectivity index (χ1v) is 8.13. The van der Waals surface area contributed by atoms with Crippen LogP contribution in [0.15, 0.2) is 72.8 Å². The van der Waals surface area contributed by atoms with E-state index in [4.69, 9.17) is 4.74 Å². The molecule has 2 N–H and O–H groups in total. The summed E-state index contributed by atoms with van der Waals surface area (Å²) in [6.07, 6.45) is 0. The molecule has 0 unspecified atom stereocenters. The summed E-state index contributed by atoms with van der Waals surface area (Å²) in [4.78, 5) is 23.8. The Morgan fingerprint density at radius 3 is 2.19 bits per heavy atom. The summed E-state index contributed by atoms with van der Waals surface area (Å²) < 4.78 is 18.1. The Morgan fingerprint density at radius 2 is 1.56 bits per heavy atom. The summed E-state index contributed by atoms with van der Waals surface area (Å²) in [6.45, 7) is -0.477. The van der Waals surface area contributed by atoms with Crippen LogP contribution in [0.5, 0.6) is 5.75 Å². The second-order valence-corrected chi connectivity index (χ2v) is 5.76. The minimum absolute atomic E-state index is 0.176. The van der Waals surface area contributed by atoms with Crippen LogP contribution in [0.1, 0.15) is 10.4 Å². The third-order valence-corrected chi connectivity index (χ3v) is 3.76. The lowest BCUT2D eigenvalue weighted by atomic mass is 10.0. The molecule has 0 spiro atoms. The smallest absolute Gasteiger partial charge is 0.338 e. The van der Waals surface area contributed by atoms with Crippen molar-refractivity contribution in [1.29, 1.82) is 0 Å². The lowest BCUT2D eigenvalue weighted by Gasteiger charge is -2.07. The average molecular weight is 365 g/mol. The van der Waals surface area contributed by atoms with Crippen molar-refractivity contribution >= 4 is 17.6 Å². The molecule has 0 radical (unpaired) electrons. The number of carbonyl (C=O) groups excluding carboxylic acids is 2.